The number of halogens is 4. The molecule has 2 N–H and O–H groups in total. The second-order valence-electron chi connectivity index (χ2n) is 6.87. The van der Waals surface area contributed by atoms with Crippen LogP contribution in [0.5, 0.6) is 6.08 Å². The SMILES string of the molecule is NC(=O)c1cc2ccc(Cl)cc2nc1C1COC(c2nnc(OCCOC(F)(F)F)o2)OC1. The summed E-state index contributed by atoms with van der Waals surface area (Å²) in [5.74, 6) is -1.16. The number of aromatic nitrogens is 3. The molecule has 10 nitrogen and oxygen atoms in total. The van der Waals surface area contributed by atoms with Gasteiger partial charge in [-0.1, -0.05) is 22.8 Å². The van der Waals surface area contributed by atoms with E-state index in [0.717, 1.165) is 0 Å². The minimum Gasteiger partial charge on any atom is -0.447 e. The minimum absolute atomic E-state index is 0.0853. The van der Waals surface area contributed by atoms with Gasteiger partial charge in [-0.3, -0.25) is 14.5 Å². The summed E-state index contributed by atoms with van der Waals surface area (Å²) in [6, 6.07) is 6.71. The summed E-state index contributed by atoms with van der Waals surface area (Å²) in [6.45, 7) is -1.03. The van der Waals surface area contributed by atoms with Gasteiger partial charge in [-0.2, -0.15) is 0 Å². The quantitative estimate of drug-likeness (QED) is 0.498. The summed E-state index contributed by atoms with van der Waals surface area (Å²) >= 11 is 6.04. The Bertz CT molecular complexity index is 1150. The Morgan fingerprint density at radius 1 is 1.18 bits per heavy atom. The number of fused-ring (bicyclic) bond motifs is 1. The van der Waals surface area contributed by atoms with E-state index >= 15 is 0 Å². The van der Waals surface area contributed by atoms with Gasteiger partial charge >= 0.3 is 12.4 Å². The number of benzene rings is 1. The number of nitrogens with zero attached hydrogens (tertiary/aromatic N) is 3. The van der Waals surface area contributed by atoms with Crippen molar-refractivity contribution < 1.29 is 41.3 Å². The minimum atomic E-state index is -4.76. The standard InChI is InChI=1S/C19H16ClF3N4O6/c20-11-2-1-9-5-12(15(24)28)14(25-13(9)6-11)10-7-30-17(31-8-10)16-26-27-18(33-16)29-3-4-32-19(21,22)23/h1-2,5-6,10,17H,3-4,7-8H2,(H2,24,28). The molecular weight excluding hydrogens is 473 g/mol. The molecule has 1 aliphatic rings. The first-order chi connectivity index (χ1) is 15.7. The summed E-state index contributed by atoms with van der Waals surface area (Å²) in [5, 5.41) is 8.45. The van der Waals surface area contributed by atoms with Crippen LogP contribution >= 0.6 is 11.6 Å². The fraction of sp³-hybridized carbons (Fsp3) is 0.368. The highest BCUT2D eigenvalue weighted by Crippen LogP contribution is 2.32. The first kappa shape index (κ1) is 23.2. The van der Waals surface area contributed by atoms with Crippen LogP contribution in [0.3, 0.4) is 0 Å². The van der Waals surface area contributed by atoms with Crippen molar-refractivity contribution in [2.45, 2.75) is 18.6 Å². The molecule has 176 valence electrons. The molecule has 0 atom stereocenters. The maximum Gasteiger partial charge on any atom is 0.522 e. The van der Waals surface area contributed by atoms with Gasteiger partial charge in [-0.25, -0.2) is 0 Å². The van der Waals surface area contributed by atoms with Crippen molar-refractivity contribution in [2.24, 2.45) is 5.73 Å². The fourth-order valence-corrected chi connectivity index (χ4v) is 3.29. The number of ether oxygens (including phenoxy) is 4. The predicted octanol–water partition coefficient (Wildman–Crippen LogP) is 3.11. The summed E-state index contributed by atoms with van der Waals surface area (Å²) in [4.78, 5) is 16.5. The molecule has 3 heterocycles. The third kappa shape index (κ3) is 5.68. The smallest absolute Gasteiger partial charge is 0.447 e. The number of carbonyl (C=O) groups excluding carboxylic acids is 1. The van der Waals surface area contributed by atoms with Gasteiger partial charge in [0.1, 0.15) is 6.61 Å². The molecule has 1 saturated heterocycles. The zero-order chi connectivity index (χ0) is 23.6. The number of alkyl halides is 3. The molecule has 0 unspecified atom stereocenters. The monoisotopic (exact) mass is 488 g/mol. The van der Waals surface area contributed by atoms with Crippen molar-refractivity contribution in [3.05, 3.63) is 46.4 Å². The van der Waals surface area contributed by atoms with Crippen molar-refractivity contribution in [3.63, 3.8) is 0 Å². The highest BCUT2D eigenvalue weighted by Gasteiger charge is 2.32. The lowest BCUT2D eigenvalue weighted by Crippen LogP contribution is -2.28. The maximum atomic E-state index is 12.0. The number of nitrogens with two attached hydrogens (primary N) is 1. The van der Waals surface area contributed by atoms with Crippen molar-refractivity contribution in [1.82, 2.24) is 15.2 Å². The molecule has 2 aromatic heterocycles. The third-order valence-electron chi connectivity index (χ3n) is 4.56. The van der Waals surface area contributed by atoms with E-state index in [-0.39, 0.29) is 30.7 Å². The third-order valence-corrected chi connectivity index (χ3v) is 4.79. The number of pyridine rings is 1. The molecule has 14 heteroatoms. The van der Waals surface area contributed by atoms with Crippen LogP contribution in [-0.4, -0.2) is 53.9 Å². The van der Waals surface area contributed by atoms with Crippen LogP contribution in [0.15, 0.2) is 28.7 Å². The van der Waals surface area contributed by atoms with Crippen molar-refractivity contribution in [1.29, 1.82) is 0 Å². The second kappa shape index (κ2) is 9.47. The molecule has 1 amide bonds. The highest BCUT2D eigenvalue weighted by molar-refractivity contribution is 6.31. The van der Waals surface area contributed by atoms with Gasteiger partial charge in [0.05, 0.1) is 36.6 Å². The van der Waals surface area contributed by atoms with Gasteiger partial charge in [0.2, 0.25) is 6.29 Å². The van der Waals surface area contributed by atoms with Crippen molar-refractivity contribution >= 4 is 28.4 Å². The zero-order valence-corrected chi connectivity index (χ0v) is 17.4. The first-order valence-corrected chi connectivity index (χ1v) is 9.87. The van der Waals surface area contributed by atoms with E-state index in [0.29, 0.717) is 21.6 Å². The van der Waals surface area contributed by atoms with Crippen LogP contribution in [0.4, 0.5) is 13.2 Å². The Labute approximate surface area is 188 Å². The summed E-state index contributed by atoms with van der Waals surface area (Å²) in [7, 11) is 0. The molecule has 0 spiro atoms. The highest BCUT2D eigenvalue weighted by atomic mass is 35.5. The van der Waals surface area contributed by atoms with Crippen LogP contribution < -0.4 is 10.5 Å². The molecule has 0 bridgehead atoms. The Morgan fingerprint density at radius 2 is 1.94 bits per heavy atom. The lowest BCUT2D eigenvalue weighted by Gasteiger charge is -2.28. The number of amides is 1. The average molecular weight is 489 g/mol. The molecule has 0 radical (unpaired) electrons. The van der Waals surface area contributed by atoms with E-state index in [1.54, 1.807) is 24.3 Å². The summed E-state index contributed by atoms with van der Waals surface area (Å²) in [6.07, 6.45) is -6.16. The summed E-state index contributed by atoms with van der Waals surface area (Å²) in [5.41, 5.74) is 6.74. The number of rotatable bonds is 7. The zero-order valence-electron chi connectivity index (χ0n) is 16.7. The number of hydrogen-bond donors (Lipinski definition) is 1. The molecule has 0 aliphatic carbocycles. The van der Waals surface area contributed by atoms with Gasteiger partial charge in [0.25, 0.3) is 11.8 Å². The largest absolute Gasteiger partial charge is 0.522 e. The van der Waals surface area contributed by atoms with Crippen molar-refractivity contribution in [2.75, 3.05) is 26.4 Å². The molecule has 33 heavy (non-hydrogen) atoms. The lowest BCUT2D eigenvalue weighted by atomic mass is 9.98. The number of carbonyl (C=O) groups is 1. The van der Waals surface area contributed by atoms with Crippen LogP contribution in [0.1, 0.15) is 34.2 Å². The van der Waals surface area contributed by atoms with E-state index < -0.39 is 37.7 Å². The normalized spacial score (nSPS) is 19.0. The van der Waals surface area contributed by atoms with Gasteiger partial charge in [0.15, 0.2) is 0 Å². The molecule has 3 aromatic rings. The van der Waals surface area contributed by atoms with E-state index in [1.807, 2.05) is 0 Å². The number of primary amides is 1. The van der Waals surface area contributed by atoms with Crippen molar-refractivity contribution in [3.8, 4) is 6.08 Å². The Hall–Kier alpha value is -3.00. The van der Waals surface area contributed by atoms with Gasteiger partial charge in [-0.05, 0) is 18.2 Å². The predicted molar refractivity (Wildman–Crippen MR) is 104 cm³/mol. The van der Waals surface area contributed by atoms with Gasteiger partial charge < -0.3 is 24.4 Å². The van der Waals surface area contributed by atoms with E-state index in [2.05, 4.69) is 19.9 Å². The maximum absolute atomic E-state index is 12.0. The molecular formula is C19H16ClF3N4O6. The molecule has 0 saturated carbocycles. The molecule has 1 aromatic carbocycles. The topological polar surface area (TPSA) is 132 Å². The lowest BCUT2D eigenvalue weighted by molar-refractivity contribution is -0.325. The summed E-state index contributed by atoms with van der Waals surface area (Å²) < 4.78 is 60.8. The van der Waals surface area contributed by atoms with E-state index in [4.69, 9.17) is 36.0 Å². The molecule has 1 fully saturated rings. The van der Waals surface area contributed by atoms with Crippen LogP contribution in [-0.2, 0) is 14.2 Å². The van der Waals surface area contributed by atoms with Gasteiger partial charge in [0, 0.05) is 16.3 Å². The fourth-order valence-electron chi connectivity index (χ4n) is 3.13. The van der Waals surface area contributed by atoms with Gasteiger partial charge in [-0.15, -0.1) is 18.3 Å². The average Bonchev–Trinajstić information content (AvgIpc) is 3.24. The Morgan fingerprint density at radius 3 is 2.64 bits per heavy atom. The van der Waals surface area contributed by atoms with Crippen LogP contribution in [0, 0.1) is 0 Å². The van der Waals surface area contributed by atoms with Crippen LogP contribution in [0.25, 0.3) is 10.9 Å². The molecule has 1 aliphatic heterocycles. The van der Waals surface area contributed by atoms with E-state index in [1.165, 1.54) is 0 Å². The van der Waals surface area contributed by atoms with E-state index in [9.17, 15) is 18.0 Å². The van der Waals surface area contributed by atoms with Crippen LogP contribution in [0.2, 0.25) is 5.02 Å². The Balaban J connectivity index is 1.40. The molecule has 4 rings (SSSR count). The Kier molecular flexibility index (Phi) is 6.65. The second-order valence-corrected chi connectivity index (χ2v) is 7.30. The number of hydrogen-bond acceptors (Lipinski definition) is 9. The first-order valence-electron chi connectivity index (χ1n) is 9.49.